The molecule has 0 radical (unpaired) electrons. The summed E-state index contributed by atoms with van der Waals surface area (Å²) in [6.07, 6.45) is 0. The minimum Gasteiger partial charge on any atom is -0.456 e. The fourth-order valence-electron chi connectivity index (χ4n) is 6.01. The lowest BCUT2D eigenvalue weighted by molar-refractivity contribution is 0.669. The number of hydrogen-bond donors (Lipinski definition) is 0. The molecule has 8 rings (SSSR count). The van der Waals surface area contributed by atoms with E-state index in [0.29, 0.717) is 0 Å². The zero-order valence-electron chi connectivity index (χ0n) is 22.1. The van der Waals surface area contributed by atoms with Gasteiger partial charge in [-0.1, -0.05) is 116 Å². The zero-order chi connectivity index (χ0) is 26.6. The fraction of sp³-hybridized carbons (Fsp3) is 0.0526. The lowest BCUT2D eigenvalue weighted by Crippen LogP contribution is -1.96. The molecule has 0 amide bonds. The molecule has 0 aliphatic carbocycles. The summed E-state index contributed by atoms with van der Waals surface area (Å²) in [5.74, 6) is 0.259. The fourth-order valence-corrected chi connectivity index (χ4v) is 6.01. The Morgan fingerprint density at radius 2 is 1.05 bits per heavy atom. The Morgan fingerprint density at radius 3 is 1.88 bits per heavy atom. The van der Waals surface area contributed by atoms with E-state index in [2.05, 4.69) is 116 Å². The van der Waals surface area contributed by atoms with Crippen LogP contribution in [-0.4, -0.2) is 0 Å². The van der Waals surface area contributed by atoms with Crippen molar-refractivity contribution in [2.24, 2.45) is 0 Å². The SMILES string of the molecule is CC(c1ccc(-c2cccc3c2oc2ccccc23)cc1)c1cccc(-c2ccc3oc4ccccc4c3c2)c1. The van der Waals surface area contributed by atoms with Crippen LogP contribution in [0.1, 0.15) is 24.0 Å². The standard InChI is InChI=1S/C38H26O2/c1-24(25-16-18-26(19-17-25)30-12-7-13-33-31-10-2-5-15-36(31)40-38(30)33)27-8-6-9-28(22-27)29-20-21-37-34(23-29)32-11-3-4-14-35(32)39-37/h2-24H,1H3. The van der Waals surface area contributed by atoms with Gasteiger partial charge < -0.3 is 8.83 Å². The van der Waals surface area contributed by atoms with Gasteiger partial charge in [0.05, 0.1) is 0 Å². The van der Waals surface area contributed by atoms with Crippen LogP contribution in [-0.2, 0) is 0 Å². The highest BCUT2D eigenvalue weighted by atomic mass is 16.3. The number of fused-ring (bicyclic) bond motifs is 6. The zero-order valence-corrected chi connectivity index (χ0v) is 22.1. The van der Waals surface area contributed by atoms with E-state index in [-0.39, 0.29) is 5.92 Å². The van der Waals surface area contributed by atoms with Crippen molar-refractivity contribution in [3.63, 3.8) is 0 Å². The molecule has 0 saturated carbocycles. The summed E-state index contributed by atoms with van der Waals surface area (Å²) < 4.78 is 12.3. The minimum atomic E-state index is 0.259. The highest BCUT2D eigenvalue weighted by molar-refractivity contribution is 6.09. The Labute approximate surface area is 232 Å². The first-order valence-corrected chi connectivity index (χ1v) is 13.8. The van der Waals surface area contributed by atoms with Gasteiger partial charge in [0, 0.05) is 33.0 Å². The lowest BCUT2D eigenvalue weighted by atomic mass is 9.89. The average molecular weight is 515 g/mol. The molecule has 1 atom stereocenters. The van der Waals surface area contributed by atoms with Gasteiger partial charge in [-0.15, -0.1) is 0 Å². The molecule has 8 aromatic rings. The predicted octanol–water partition coefficient (Wildman–Crippen LogP) is 11.0. The molecule has 0 aliphatic rings. The molecule has 2 heteroatoms. The largest absolute Gasteiger partial charge is 0.456 e. The molecule has 0 spiro atoms. The summed E-state index contributed by atoms with van der Waals surface area (Å²) in [5.41, 5.74) is 11.0. The Hall–Kier alpha value is -5.08. The van der Waals surface area contributed by atoms with Crippen LogP contribution in [0.15, 0.2) is 142 Å². The summed E-state index contributed by atoms with van der Waals surface area (Å²) in [4.78, 5) is 0. The third-order valence-corrected chi connectivity index (χ3v) is 8.22. The van der Waals surface area contributed by atoms with E-state index in [1.165, 1.54) is 22.3 Å². The van der Waals surface area contributed by atoms with Gasteiger partial charge in [0.15, 0.2) is 0 Å². The van der Waals surface area contributed by atoms with E-state index >= 15 is 0 Å². The van der Waals surface area contributed by atoms with Gasteiger partial charge in [0.25, 0.3) is 0 Å². The number of furan rings is 2. The molecule has 190 valence electrons. The van der Waals surface area contributed by atoms with Gasteiger partial charge in [-0.3, -0.25) is 0 Å². The summed E-state index contributed by atoms with van der Waals surface area (Å²) in [7, 11) is 0. The molecular formula is C38H26O2. The van der Waals surface area contributed by atoms with Crippen molar-refractivity contribution >= 4 is 43.9 Å². The van der Waals surface area contributed by atoms with Crippen LogP contribution in [0.5, 0.6) is 0 Å². The Morgan fingerprint density at radius 1 is 0.425 bits per heavy atom. The van der Waals surface area contributed by atoms with Crippen LogP contribution in [0.25, 0.3) is 66.1 Å². The molecule has 0 aliphatic heterocycles. The van der Waals surface area contributed by atoms with E-state index in [4.69, 9.17) is 8.83 Å². The molecule has 6 aromatic carbocycles. The van der Waals surface area contributed by atoms with Crippen molar-refractivity contribution in [1.82, 2.24) is 0 Å². The van der Waals surface area contributed by atoms with Gasteiger partial charge >= 0.3 is 0 Å². The lowest BCUT2D eigenvalue weighted by Gasteiger charge is -2.15. The van der Waals surface area contributed by atoms with Crippen molar-refractivity contribution in [2.75, 3.05) is 0 Å². The summed E-state index contributed by atoms with van der Waals surface area (Å²) in [5, 5.41) is 4.62. The Kier molecular flexibility index (Phi) is 5.14. The Bertz CT molecular complexity index is 2180. The van der Waals surface area contributed by atoms with Crippen molar-refractivity contribution in [3.8, 4) is 22.3 Å². The van der Waals surface area contributed by atoms with Gasteiger partial charge in [0.1, 0.15) is 22.3 Å². The van der Waals surface area contributed by atoms with Crippen molar-refractivity contribution < 1.29 is 8.83 Å². The monoisotopic (exact) mass is 514 g/mol. The molecular weight excluding hydrogens is 488 g/mol. The van der Waals surface area contributed by atoms with E-state index in [9.17, 15) is 0 Å². The van der Waals surface area contributed by atoms with Crippen molar-refractivity contribution in [1.29, 1.82) is 0 Å². The summed E-state index contributed by atoms with van der Waals surface area (Å²) >= 11 is 0. The van der Waals surface area contributed by atoms with Crippen LogP contribution in [0.3, 0.4) is 0 Å². The molecule has 2 nitrogen and oxygen atoms in total. The van der Waals surface area contributed by atoms with Crippen molar-refractivity contribution in [3.05, 3.63) is 145 Å². The maximum Gasteiger partial charge on any atom is 0.143 e. The van der Waals surface area contributed by atoms with Gasteiger partial charge in [0.2, 0.25) is 0 Å². The van der Waals surface area contributed by atoms with Crippen LogP contribution in [0.2, 0.25) is 0 Å². The number of hydrogen-bond acceptors (Lipinski definition) is 2. The summed E-state index contributed by atoms with van der Waals surface area (Å²) in [6, 6.07) is 47.2. The van der Waals surface area contributed by atoms with Gasteiger partial charge in [-0.2, -0.15) is 0 Å². The smallest absolute Gasteiger partial charge is 0.143 e. The third-order valence-electron chi connectivity index (χ3n) is 8.22. The molecule has 0 N–H and O–H groups in total. The van der Waals surface area contributed by atoms with Gasteiger partial charge in [-0.05, 0) is 52.1 Å². The molecule has 2 heterocycles. The molecule has 0 saturated heterocycles. The topological polar surface area (TPSA) is 26.3 Å². The second kappa shape index (κ2) is 9.00. The first-order chi connectivity index (χ1) is 19.7. The van der Waals surface area contributed by atoms with E-state index in [0.717, 1.165) is 55.0 Å². The molecule has 0 fully saturated rings. The molecule has 0 bridgehead atoms. The van der Waals surface area contributed by atoms with Crippen LogP contribution in [0.4, 0.5) is 0 Å². The predicted molar refractivity (Wildman–Crippen MR) is 166 cm³/mol. The minimum absolute atomic E-state index is 0.259. The molecule has 40 heavy (non-hydrogen) atoms. The number of benzene rings is 6. The quantitative estimate of drug-likeness (QED) is 0.233. The molecule has 2 aromatic heterocycles. The first-order valence-electron chi connectivity index (χ1n) is 13.8. The first kappa shape index (κ1) is 22.9. The van der Waals surface area contributed by atoms with Crippen molar-refractivity contribution in [2.45, 2.75) is 12.8 Å². The second-order valence-electron chi connectivity index (χ2n) is 10.6. The number of rotatable bonds is 4. The van der Waals surface area contributed by atoms with E-state index in [1.54, 1.807) is 0 Å². The maximum absolute atomic E-state index is 6.28. The van der Waals surface area contributed by atoms with Gasteiger partial charge in [-0.25, -0.2) is 0 Å². The average Bonchev–Trinajstić information content (AvgIpc) is 3.59. The number of para-hydroxylation sites is 3. The van der Waals surface area contributed by atoms with E-state index in [1.807, 2.05) is 24.3 Å². The van der Waals surface area contributed by atoms with Crippen LogP contribution >= 0.6 is 0 Å². The summed E-state index contributed by atoms with van der Waals surface area (Å²) in [6.45, 7) is 2.28. The third kappa shape index (κ3) is 3.65. The highest BCUT2D eigenvalue weighted by Gasteiger charge is 2.14. The second-order valence-corrected chi connectivity index (χ2v) is 10.6. The van der Waals surface area contributed by atoms with Crippen LogP contribution in [0, 0.1) is 0 Å². The Balaban J connectivity index is 1.12. The maximum atomic E-state index is 6.28. The molecule has 1 unspecified atom stereocenters. The van der Waals surface area contributed by atoms with Crippen LogP contribution < -0.4 is 0 Å². The highest BCUT2D eigenvalue weighted by Crippen LogP contribution is 2.37. The van der Waals surface area contributed by atoms with E-state index < -0.39 is 0 Å². The normalized spacial score (nSPS) is 12.5.